The van der Waals surface area contributed by atoms with Crippen LogP contribution in [0.25, 0.3) is 0 Å². The van der Waals surface area contributed by atoms with Crippen molar-refractivity contribution in [3.05, 3.63) is 31.5 Å². The average Bonchev–Trinajstić information content (AvgIpc) is 3.77. The van der Waals surface area contributed by atoms with Crippen LogP contribution in [-0.4, -0.2) is 33.2 Å². The van der Waals surface area contributed by atoms with Gasteiger partial charge in [0.1, 0.15) is 32.1 Å². The molecular weight excluding hydrogens is 740 g/mol. The number of aromatic nitrogens is 3. The smallest absolute Gasteiger partial charge is 0.413 e. The molecule has 0 bridgehead atoms. The van der Waals surface area contributed by atoms with Crippen molar-refractivity contribution in [2.24, 2.45) is 0 Å². The third-order valence-corrected chi connectivity index (χ3v) is 12.7. The zero-order valence-corrected chi connectivity index (χ0v) is 30.1. The number of aryl methyl sites for hydroxylation is 1. The molecule has 260 valence electrons. The van der Waals surface area contributed by atoms with Crippen LogP contribution in [0.2, 0.25) is 0 Å². The van der Waals surface area contributed by atoms with Crippen molar-refractivity contribution < 1.29 is 28.6 Å². The highest BCUT2D eigenvalue weighted by atomic mass is 79.9. The summed E-state index contributed by atoms with van der Waals surface area (Å²) in [5.74, 6) is 0. The predicted octanol–water partition coefficient (Wildman–Crippen LogP) is 10.3. The molecule has 6 heterocycles. The quantitative estimate of drug-likeness (QED) is 0.189. The second kappa shape index (κ2) is 14.2. The molecule has 0 unspecified atom stereocenters. The largest absolute Gasteiger partial charge is 0.436 e. The number of carbonyl (C=O) groups excluding carboxylic acids is 3. The number of ether oxygens (including phenoxy) is 3. The van der Waals surface area contributed by atoms with Crippen molar-refractivity contribution >= 4 is 83.2 Å². The van der Waals surface area contributed by atoms with Crippen molar-refractivity contribution in [2.45, 2.75) is 127 Å². The number of amides is 3. The van der Waals surface area contributed by atoms with E-state index in [2.05, 4.69) is 46.8 Å². The average molecular weight is 782 g/mol. The lowest BCUT2D eigenvalue weighted by atomic mass is 9.82. The van der Waals surface area contributed by atoms with E-state index in [0.717, 1.165) is 118 Å². The number of halogens is 1. The summed E-state index contributed by atoms with van der Waals surface area (Å²) in [5, 5.41) is 11.7. The Morgan fingerprint density at radius 1 is 0.625 bits per heavy atom. The Balaban J connectivity index is 0.000000124. The molecule has 0 atom stereocenters. The molecule has 3 N–H and O–H groups in total. The van der Waals surface area contributed by atoms with Gasteiger partial charge < -0.3 is 14.2 Å². The first kappa shape index (κ1) is 35.0. The van der Waals surface area contributed by atoms with E-state index in [-0.39, 0.29) is 25.7 Å². The van der Waals surface area contributed by atoms with E-state index in [1.165, 1.54) is 53.3 Å². The maximum atomic E-state index is 11.6. The molecule has 3 amide bonds. The maximum absolute atomic E-state index is 11.6. The summed E-state index contributed by atoms with van der Waals surface area (Å²) >= 11 is 7.83. The van der Waals surface area contributed by atoms with Crippen molar-refractivity contribution in [3.8, 4) is 0 Å². The molecule has 0 aromatic carbocycles. The lowest BCUT2D eigenvalue weighted by Gasteiger charge is -2.38. The second-order valence-corrected chi connectivity index (χ2v) is 17.1. The fourth-order valence-corrected chi connectivity index (χ4v) is 10.7. The Morgan fingerprint density at radius 3 is 1.54 bits per heavy atom. The first-order chi connectivity index (χ1) is 22.7. The normalized spacial score (nSPS) is 22.2. The Hall–Kier alpha value is -2.82. The van der Waals surface area contributed by atoms with Crippen LogP contribution in [0.3, 0.4) is 0 Å². The Bertz CT molecular complexity index is 1570. The summed E-state index contributed by atoms with van der Waals surface area (Å²) in [6.07, 6.45) is 14.8. The summed E-state index contributed by atoms with van der Waals surface area (Å²) in [6, 6.07) is 0. The summed E-state index contributed by atoms with van der Waals surface area (Å²) in [7, 11) is 0. The van der Waals surface area contributed by atoms with E-state index in [0.29, 0.717) is 0 Å². The van der Waals surface area contributed by atoms with Gasteiger partial charge in [0, 0.05) is 0 Å². The molecule has 3 spiro atoms. The second-order valence-electron chi connectivity index (χ2n) is 12.8. The van der Waals surface area contributed by atoms with Crippen LogP contribution in [-0.2, 0) is 31.0 Å². The van der Waals surface area contributed by atoms with Gasteiger partial charge in [0.2, 0.25) is 0 Å². The van der Waals surface area contributed by atoms with Crippen molar-refractivity contribution in [3.63, 3.8) is 0 Å². The molecule has 6 aliphatic rings. The summed E-state index contributed by atoms with van der Waals surface area (Å²) in [5.41, 5.74) is 3.26. The number of carbonyl (C=O) groups is 3. The molecule has 3 aromatic heterocycles. The van der Waals surface area contributed by atoms with Gasteiger partial charge in [-0.1, -0.05) is 38.0 Å². The molecule has 3 aromatic rings. The zero-order valence-electron chi connectivity index (χ0n) is 26.1. The summed E-state index contributed by atoms with van der Waals surface area (Å²) < 4.78 is 17.4. The van der Waals surface area contributed by atoms with Crippen molar-refractivity contribution in [2.75, 3.05) is 16.0 Å². The molecular formula is C32H41BrN6O6S3. The number of hydrogen-bond donors (Lipinski definition) is 3. The first-order valence-corrected chi connectivity index (χ1v) is 19.6. The van der Waals surface area contributed by atoms with Crippen molar-refractivity contribution in [1.29, 1.82) is 0 Å². The van der Waals surface area contributed by atoms with Gasteiger partial charge in [-0.2, -0.15) is 0 Å². The van der Waals surface area contributed by atoms with E-state index in [4.69, 9.17) is 14.2 Å². The molecule has 48 heavy (non-hydrogen) atoms. The van der Waals surface area contributed by atoms with Gasteiger partial charge in [0.15, 0.2) is 20.7 Å². The lowest BCUT2D eigenvalue weighted by molar-refractivity contribution is -0.0213. The topological polar surface area (TPSA) is 154 Å². The molecule has 0 saturated heterocycles. The Kier molecular flexibility index (Phi) is 10.4. The van der Waals surface area contributed by atoms with E-state index in [1.54, 1.807) is 5.51 Å². The third kappa shape index (κ3) is 6.81. The van der Waals surface area contributed by atoms with E-state index in [1.807, 2.05) is 6.92 Å². The highest BCUT2D eigenvalue weighted by Crippen LogP contribution is 2.50. The van der Waals surface area contributed by atoms with Gasteiger partial charge in [-0.25, -0.2) is 29.3 Å². The number of hydrogen-bond acceptors (Lipinski definition) is 12. The van der Waals surface area contributed by atoms with E-state index >= 15 is 0 Å². The molecule has 3 saturated carbocycles. The minimum absolute atomic E-state index is 0. The van der Waals surface area contributed by atoms with Gasteiger partial charge in [-0.05, 0) is 99.9 Å². The molecule has 3 aliphatic carbocycles. The number of rotatable bonds is 0. The van der Waals surface area contributed by atoms with Crippen LogP contribution in [0, 0.1) is 6.92 Å². The monoisotopic (exact) mass is 780 g/mol. The molecule has 0 radical (unpaired) electrons. The minimum Gasteiger partial charge on any atom is -0.436 e. The fourth-order valence-electron chi connectivity index (χ4n) is 7.58. The van der Waals surface area contributed by atoms with Crippen LogP contribution < -0.4 is 16.0 Å². The Morgan fingerprint density at radius 2 is 1.04 bits per heavy atom. The zero-order chi connectivity index (χ0) is 32.6. The highest BCUT2D eigenvalue weighted by Gasteiger charge is 2.47. The fraction of sp³-hybridized carbons (Fsp3) is 0.625. The van der Waals surface area contributed by atoms with Gasteiger partial charge >= 0.3 is 18.3 Å². The van der Waals surface area contributed by atoms with Gasteiger partial charge in [0.05, 0.1) is 10.5 Å². The number of fused-ring (bicyclic) bond motifs is 6. The summed E-state index contributed by atoms with van der Waals surface area (Å²) in [4.78, 5) is 47.9. The number of nitrogens with zero attached hydrogens (tertiary/aromatic N) is 3. The minimum atomic E-state index is -0.460. The number of thiazole rings is 3. The van der Waals surface area contributed by atoms with Crippen LogP contribution in [0.1, 0.15) is 126 Å². The van der Waals surface area contributed by atoms with Crippen LogP contribution in [0.5, 0.6) is 0 Å². The maximum Gasteiger partial charge on any atom is 0.413 e. The van der Waals surface area contributed by atoms with E-state index in [9.17, 15) is 14.4 Å². The summed E-state index contributed by atoms with van der Waals surface area (Å²) in [6.45, 7) is 1.96. The number of anilines is 3. The van der Waals surface area contributed by atoms with E-state index < -0.39 is 16.8 Å². The Labute approximate surface area is 300 Å². The predicted molar refractivity (Wildman–Crippen MR) is 190 cm³/mol. The third-order valence-electron chi connectivity index (χ3n) is 9.69. The standard InChI is InChI=1S/C11H14N2O2S.C10H11BrN2O2S.C10H12N2O2S.CH4/c1-7-12-8-9(16-7)13-10(14)15-11(8)5-3-2-4-6-11;11-8-12-6-7(16-8)13-9(14)15-10(6)4-2-1-3-5-10;13-9-12-8-7(11-6-15-8)10(14-9)4-2-1-3-5-10;/h2-6H2,1H3,(H,13,14);1-5H2,(H,13,14);6H,1-5H2,(H,12,13);1H4. The molecule has 3 aliphatic heterocycles. The van der Waals surface area contributed by atoms with Gasteiger partial charge in [0.25, 0.3) is 0 Å². The van der Waals surface area contributed by atoms with Crippen LogP contribution in [0.4, 0.5) is 29.4 Å². The van der Waals surface area contributed by atoms with Crippen molar-refractivity contribution in [1.82, 2.24) is 15.0 Å². The molecule has 16 heteroatoms. The van der Waals surface area contributed by atoms with Crippen LogP contribution >= 0.6 is 49.9 Å². The lowest BCUT2D eigenvalue weighted by Crippen LogP contribution is -2.40. The number of nitrogens with one attached hydrogen (secondary N) is 3. The van der Waals surface area contributed by atoms with Gasteiger partial charge in [-0.3, -0.25) is 16.0 Å². The molecule has 3 fully saturated rings. The van der Waals surface area contributed by atoms with Crippen LogP contribution in [0.15, 0.2) is 9.43 Å². The first-order valence-electron chi connectivity index (χ1n) is 16.3. The molecule has 9 rings (SSSR count). The molecule has 12 nitrogen and oxygen atoms in total. The SMILES string of the molecule is C.Cc1nc2c(s1)NC(=O)OC21CCCCC1.O=C1Nc2sc(Br)nc2C2(CCCCC2)O1.O=C1Nc2scnc2C2(CCCCC2)O1. The van der Waals surface area contributed by atoms with Gasteiger partial charge in [-0.15, -0.1) is 22.7 Å². The highest BCUT2D eigenvalue weighted by molar-refractivity contribution is 9.11.